The number of hydrogen-bond donors (Lipinski definition) is 2. The smallest absolute Gasteiger partial charge is 0.137 e. The fourth-order valence-electron chi connectivity index (χ4n) is 2.69. The Bertz CT molecular complexity index is 768. The molecule has 2 N–H and O–H groups in total. The summed E-state index contributed by atoms with van der Waals surface area (Å²) in [6, 6.07) is 10.5. The van der Waals surface area contributed by atoms with Crippen molar-refractivity contribution in [3.63, 3.8) is 0 Å². The molecule has 24 heavy (non-hydrogen) atoms. The quantitative estimate of drug-likeness (QED) is 0.690. The number of nitrogens with one attached hydrogen (secondary N) is 1. The first-order valence-electron chi connectivity index (χ1n) is 7.84. The zero-order chi connectivity index (χ0) is 16.9. The van der Waals surface area contributed by atoms with Crippen LogP contribution in [0.15, 0.2) is 48.8 Å². The van der Waals surface area contributed by atoms with E-state index in [2.05, 4.69) is 10.3 Å². The normalized spacial score (nSPS) is 12.6. The zero-order valence-corrected chi connectivity index (χ0v) is 13.9. The molecule has 2 heterocycles. The molecule has 1 atom stereocenters. The van der Waals surface area contributed by atoms with Gasteiger partial charge in [0.15, 0.2) is 0 Å². The van der Waals surface area contributed by atoms with Crippen LogP contribution in [0.1, 0.15) is 11.3 Å². The van der Waals surface area contributed by atoms with Gasteiger partial charge in [-0.2, -0.15) is 0 Å². The number of fused-ring (bicyclic) bond motifs is 1. The molecule has 1 aromatic carbocycles. The van der Waals surface area contributed by atoms with Crippen LogP contribution in [0, 0.1) is 11.7 Å². The number of benzene rings is 1. The third-order valence-corrected chi connectivity index (χ3v) is 4.32. The van der Waals surface area contributed by atoms with Crippen LogP contribution in [0.4, 0.5) is 4.39 Å². The van der Waals surface area contributed by atoms with E-state index in [-0.39, 0.29) is 18.3 Å². The summed E-state index contributed by atoms with van der Waals surface area (Å²) >= 11 is 6.05. The Kier molecular flexibility index (Phi) is 5.45. The number of aliphatic hydroxyl groups is 1. The van der Waals surface area contributed by atoms with Crippen molar-refractivity contribution in [2.45, 2.75) is 13.0 Å². The molecule has 1 unspecified atom stereocenters. The summed E-state index contributed by atoms with van der Waals surface area (Å²) in [6.45, 7) is 1.10. The Balaban J connectivity index is 1.58. The minimum atomic E-state index is -0.332. The Hall–Kier alpha value is -1.95. The van der Waals surface area contributed by atoms with E-state index in [4.69, 9.17) is 11.6 Å². The molecule has 2 aromatic heterocycles. The number of imidazole rings is 1. The lowest BCUT2D eigenvalue weighted by Gasteiger charge is -2.16. The van der Waals surface area contributed by atoms with Crippen molar-refractivity contribution in [1.29, 1.82) is 0 Å². The van der Waals surface area contributed by atoms with E-state index in [1.807, 2.05) is 35.0 Å². The maximum atomic E-state index is 13.9. The number of nitrogens with zero attached hydrogens (tertiary/aromatic N) is 2. The third-order valence-electron chi connectivity index (χ3n) is 3.97. The van der Waals surface area contributed by atoms with Gasteiger partial charge in [-0.1, -0.05) is 23.7 Å². The standard InChI is InChI=1S/C18H19ClFN3O/c19-16-4-3-5-17(20)15(16)8-13(12-24)9-21-10-14-11-23-7-2-1-6-18(23)22-14/h1-7,11,13,21,24H,8-10,12H2. The van der Waals surface area contributed by atoms with E-state index in [1.54, 1.807) is 12.1 Å². The Labute approximate surface area is 144 Å². The fraction of sp³-hybridized carbons (Fsp3) is 0.278. The van der Waals surface area contributed by atoms with E-state index in [0.29, 0.717) is 30.1 Å². The summed E-state index contributed by atoms with van der Waals surface area (Å²) in [5.41, 5.74) is 2.26. The van der Waals surface area contributed by atoms with Crippen LogP contribution in [0.5, 0.6) is 0 Å². The third kappa shape index (κ3) is 3.93. The van der Waals surface area contributed by atoms with Crippen LogP contribution in [-0.4, -0.2) is 27.6 Å². The largest absolute Gasteiger partial charge is 0.396 e. The predicted octanol–water partition coefficient (Wildman–Crippen LogP) is 3.07. The Morgan fingerprint density at radius 2 is 2.12 bits per heavy atom. The summed E-state index contributed by atoms with van der Waals surface area (Å²) in [5, 5.41) is 13.2. The average Bonchev–Trinajstić information content (AvgIpc) is 2.99. The van der Waals surface area contributed by atoms with Gasteiger partial charge in [-0.3, -0.25) is 0 Å². The molecule has 0 saturated carbocycles. The number of pyridine rings is 1. The summed E-state index contributed by atoms with van der Waals surface area (Å²) in [7, 11) is 0. The van der Waals surface area contributed by atoms with Crippen LogP contribution in [0.25, 0.3) is 5.65 Å². The van der Waals surface area contributed by atoms with Crippen LogP contribution in [0.3, 0.4) is 0 Å². The van der Waals surface area contributed by atoms with Crippen LogP contribution >= 0.6 is 11.6 Å². The molecule has 0 radical (unpaired) electrons. The van der Waals surface area contributed by atoms with E-state index in [1.165, 1.54) is 6.07 Å². The minimum Gasteiger partial charge on any atom is -0.396 e. The minimum absolute atomic E-state index is 0.0389. The first kappa shape index (κ1) is 16.9. The van der Waals surface area contributed by atoms with Crippen LogP contribution in [-0.2, 0) is 13.0 Å². The molecule has 6 heteroatoms. The zero-order valence-electron chi connectivity index (χ0n) is 13.1. The maximum absolute atomic E-state index is 13.9. The molecule has 4 nitrogen and oxygen atoms in total. The highest BCUT2D eigenvalue weighted by Crippen LogP contribution is 2.22. The highest BCUT2D eigenvalue weighted by molar-refractivity contribution is 6.31. The van der Waals surface area contributed by atoms with Gasteiger partial charge in [0.25, 0.3) is 0 Å². The summed E-state index contributed by atoms with van der Waals surface area (Å²) in [5.74, 6) is -0.447. The van der Waals surface area contributed by atoms with Gasteiger partial charge in [0, 0.05) is 42.7 Å². The second kappa shape index (κ2) is 7.75. The molecule has 0 saturated heterocycles. The second-order valence-corrected chi connectivity index (χ2v) is 6.19. The van der Waals surface area contributed by atoms with E-state index < -0.39 is 0 Å². The maximum Gasteiger partial charge on any atom is 0.137 e. The molecule has 0 spiro atoms. The van der Waals surface area contributed by atoms with Crippen molar-refractivity contribution in [3.05, 3.63) is 70.9 Å². The van der Waals surface area contributed by atoms with Gasteiger partial charge in [-0.15, -0.1) is 0 Å². The highest BCUT2D eigenvalue weighted by atomic mass is 35.5. The molecule has 126 valence electrons. The highest BCUT2D eigenvalue weighted by Gasteiger charge is 2.14. The number of hydrogen-bond acceptors (Lipinski definition) is 3. The Morgan fingerprint density at radius 1 is 1.25 bits per heavy atom. The monoisotopic (exact) mass is 347 g/mol. The molecule has 0 aliphatic rings. The fourth-order valence-corrected chi connectivity index (χ4v) is 2.93. The molecule has 0 amide bonds. The number of rotatable bonds is 7. The van der Waals surface area contributed by atoms with Crippen molar-refractivity contribution >= 4 is 17.2 Å². The predicted molar refractivity (Wildman–Crippen MR) is 92.6 cm³/mol. The first-order chi connectivity index (χ1) is 11.7. The van der Waals surface area contributed by atoms with Gasteiger partial charge in [-0.05, 0) is 36.6 Å². The summed E-state index contributed by atoms with van der Waals surface area (Å²) in [4.78, 5) is 4.50. The topological polar surface area (TPSA) is 49.6 Å². The molecule has 3 rings (SSSR count). The van der Waals surface area contributed by atoms with Gasteiger partial charge < -0.3 is 14.8 Å². The molecule has 3 aromatic rings. The second-order valence-electron chi connectivity index (χ2n) is 5.78. The number of aromatic nitrogens is 2. The van der Waals surface area contributed by atoms with Gasteiger partial charge in [0.2, 0.25) is 0 Å². The molecule has 0 aliphatic carbocycles. The first-order valence-corrected chi connectivity index (χ1v) is 8.22. The van der Waals surface area contributed by atoms with Gasteiger partial charge in [-0.25, -0.2) is 9.37 Å². The molecule has 0 aliphatic heterocycles. The van der Waals surface area contributed by atoms with E-state index in [9.17, 15) is 9.50 Å². The lowest BCUT2D eigenvalue weighted by Crippen LogP contribution is -2.27. The average molecular weight is 348 g/mol. The van der Waals surface area contributed by atoms with Crippen molar-refractivity contribution < 1.29 is 9.50 Å². The summed E-state index contributed by atoms with van der Waals surface area (Å²) < 4.78 is 15.8. The van der Waals surface area contributed by atoms with Crippen LogP contribution < -0.4 is 5.32 Å². The van der Waals surface area contributed by atoms with E-state index >= 15 is 0 Å². The SMILES string of the molecule is OCC(CNCc1cn2ccccc2n1)Cc1c(F)cccc1Cl. The number of aliphatic hydroxyl groups excluding tert-OH is 1. The van der Waals surface area contributed by atoms with Crippen molar-refractivity contribution in [3.8, 4) is 0 Å². The summed E-state index contributed by atoms with van der Waals surface area (Å²) in [6.07, 6.45) is 4.30. The van der Waals surface area contributed by atoms with Crippen molar-refractivity contribution in [2.24, 2.45) is 5.92 Å². The molecule has 0 bridgehead atoms. The molecule has 0 fully saturated rings. The van der Waals surface area contributed by atoms with Crippen molar-refractivity contribution in [1.82, 2.24) is 14.7 Å². The van der Waals surface area contributed by atoms with E-state index in [0.717, 1.165) is 11.3 Å². The molecular weight excluding hydrogens is 329 g/mol. The molecular formula is C18H19ClFN3O. The van der Waals surface area contributed by atoms with Gasteiger partial charge in [0.05, 0.1) is 5.69 Å². The van der Waals surface area contributed by atoms with Crippen molar-refractivity contribution in [2.75, 3.05) is 13.2 Å². The van der Waals surface area contributed by atoms with Gasteiger partial charge in [0.1, 0.15) is 11.5 Å². The van der Waals surface area contributed by atoms with Gasteiger partial charge >= 0.3 is 0 Å². The lowest BCUT2D eigenvalue weighted by molar-refractivity contribution is 0.220. The van der Waals surface area contributed by atoms with Crippen LogP contribution in [0.2, 0.25) is 5.02 Å². The number of halogens is 2. The Morgan fingerprint density at radius 3 is 2.88 bits per heavy atom. The lowest BCUT2D eigenvalue weighted by atomic mass is 9.99.